The monoisotopic (exact) mass is 199 g/mol. The molecule has 1 atom stereocenters. The van der Waals surface area contributed by atoms with Gasteiger partial charge in [-0.1, -0.05) is 0 Å². The third-order valence-corrected chi connectivity index (χ3v) is 1.72. The fourth-order valence-corrected chi connectivity index (χ4v) is 0.913. The van der Waals surface area contributed by atoms with E-state index >= 15 is 0 Å². The maximum atomic E-state index is 10.9. The van der Waals surface area contributed by atoms with E-state index in [1.54, 1.807) is 0 Å². The molecule has 0 fully saturated rings. The van der Waals surface area contributed by atoms with Gasteiger partial charge in [-0.2, -0.15) is 0 Å². The Bertz CT molecular complexity index is 244. The summed E-state index contributed by atoms with van der Waals surface area (Å²) in [4.78, 5) is 24.7. The molecule has 0 saturated carbocycles. The summed E-state index contributed by atoms with van der Waals surface area (Å²) in [6.07, 6.45) is 1.000. The summed E-state index contributed by atoms with van der Waals surface area (Å²) in [5, 5.41) is 0. The van der Waals surface area contributed by atoms with Crippen molar-refractivity contribution in [3.05, 3.63) is 11.4 Å². The highest BCUT2D eigenvalue weighted by atomic mass is 16.5. The fourth-order valence-electron chi connectivity index (χ4n) is 0.913. The molecule has 78 valence electrons. The summed E-state index contributed by atoms with van der Waals surface area (Å²) in [7, 11) is 2.54. The molecule has 0 aliphatic rings. The molecule has 14 heavy (non-hydrogen) atoms. The molecule has 0 aliphatic carbocycles. The van der Waals surface area contributed by atoms with Crippen molar-refractivity contribution in [3.8, 4) is 0 Å². The molecule has 1 unspecified atom stereocenters. The van der Waals surface area contributed by atoms with E-state index in [0.717, 1.165) is 0 Å². The van der Waals surface area contributed by atoms with Crippen LogP contribution in [0.1, 0.15) is 19.3 Å². The first kappa shape index (κ1) is 12.4. The molecule has 0 rings (SSSR count). The maximum Gasteiger partial charge on any atom is 0.389 e. The summed E-state index contributed by atoms with van der Waals surface area (Å²) in [6, 6.07) is -0.801. The predicted molar refractivity (Wildman–Crippen MR) is 48.3 cm³/mol. The minimum Gasteiger partial charge on any atom is -0.469 e. The van der Waals surface area contributed by atoms with Crippen molar-refractivity contribution in [1.82, 2.24) is 0 Å². The van der Waals surface area contributed by atoms with E-state index in [-0.39, 0.29) is 12.4 Å². The zero-order chi connectivity index (χ0) is 11.0. The molecule has 0 spiro atoms. The number of carbonyl (C=O) groups excluding carboxylic acids is 2. The number of hydrogen-bond donors (Lipinski definition) is 0. The van der Waals surface area contributed by atoms with Crippen LogP contribution in [0.4, 0.5) is 0 Å². The lowest BCUT2D eigenvalue weighted by atomic mass is 10.1. The second-order valence-electron chi connectivity index (χ2n) is 2.64. The molecule has 0 aromatic rings. The lowest BCUT2D eigenvalue weighted by Crippen LogP contribution is -2.18. The van der Waals surface area contributed by atoms with Gasteiger partial charge in [0.1, 0.15) is 0 Å². The number of nitrogens with zero attached hydrogens (tertiary/aromatic N) is 1. The molecular formula is C9H13NO4. The van der Waals surface area contributed by atoms with Crippen molar-refractivity contribution in [2.75, 3.05) is 14.2 Å². The van der Waals surface area contributed by atoms with Crippen molar-refractivity contribution < 1.29 is 19.1 Å². The summed E-state index contributed by atoms with van der Waals surface area (Å²) in [6.45, 7) is 6.73. The molecule has 5 nitrogen and oxygen atoms in total. The van der Waals surface area contributed by atoms with Crippen LogP contribution < -0.4 is 0 Å². The van der Waals surface area contributed by atoms with Crippen LogP contribution in [0.25, 0.3) is 4.85 Å². The first-order chi connectivity index (χ1) is 6.65. The number of carbonyl (C=O) groups is 2. The smallest absolute Gasteiger partial charge is 0.389 e. The molecule has 0 bridgehead atoms. The molecular weight excluding hydrogens is 186 g/mol. The van der Waals surface area contributed by atoms with Gasteiger partial charge in [0.25, 0.3) is 0 Å². The van der Waals surface area contributed by atoms with Gasteiger partial charge >= 0.3 is 18.0 Å². The lowest BCUT2D eigenvalue weighted by Gasteiger charge is -2.02. The topological polar surface area (TPSA) is 57.0 Å². The van der Waals surface area contributed by atoms with E-state index in [4.69, 9.17) is 6.57 Å². The van der Waals surface area contributed by atoms with Crippen LogP contribution in [-0.4, -0.2) is 32.2 Å². The number of rotatable bonds is 5. The second kappa shape index (κ2) is 6.89. The van der Waals surface area contributed by atoms with Gasteiger partial charge in [0.15, 0.2) is 0 Å². The molecule has 0 heterocycles. The fraction of sp³-hybridized carbons (Fsp3) is 0.667. The third-order valence-electron chi connectivity index (χ3n) is 1.72. The summed E-state index contributed by atoms with van der Waals surface area (Å²) in [5.74, 6) is -0.886. The largest absolute Gasteiger partial charge is 0.469 e. The zero-order valence-electron chi connectivity index (χ0n) is 8.28. The van der Waals surface area contributed by atoms with Crippen LogP contribution in [0.5, 0.6) is 0 Å². The SMILES string of the molecule is [C-]#[N+]C(CCCC(=O)OC)C(=O)OC. The van der Waals surface area contributed by atoms with Gasteiger partial charge in [-0.05, 0) is 6.42 Å². The van der Waals surface area contributed by atoms with E-state index in [1.807, 2.05) is 0 Å². The third kappa shape index (κ3) is 4.45. The Balaban J connectivity index is 3.81. The first-order valence-electron chi connectivity index (χ1n) is 4.17. The summed E-state index contributed by atoms with van der Waals surface area (Å²) < 4.78 is 8.84. The standard InChI is InChI=1S/C9H13NO4/c1-10-7(9(12)14-3)5-4-6-8(11)13-2/h7H,4-6H2,2-3H3. The van der Waals surface area contributed by atoms with Crippen molar-refractivity contribution in [3.63, 3.8) is 0 Å². The van der Waals surface area contributed by atoms with Gasteiger partial charge in [-0.25, -0.2) is 11.4 Å². The van der Waals surface area contributed by atoms with Crippen LogP contribution in [0, 0.1) is 6.57 Å². The first-order valence-corrected chi connectivity index (χ1v) is 4.17. The molecule has 0 aliphatic heterocycles. The van der Waals surface area contributed by atoms with Crippen LogP contribution in [0.3, 0.4) is 0 Å². The molecule has 0 aromatic heterocycles. The number of hydrogen-bond acceptors (Lipinski definition) is 4. The van der Waals surface area contributed by atoms with Gasteiger partial charge < -0.3 is 14.3 Å². The van der Waals surface area contributed by atoms with Crippen molar-refractivity contribution >= 4 is 11.9 Å². The van der Waals surface area contributed by atoms with Gasteiger partial charge in [0.05, 0.1) is 14.2 Å². The van der Waals surface area contributed by atoms with Gasteiger partial charge in [-0.3, -0.25) is 4.79 Å². The predicted octanol–water partition coefficient (Wildman–Crippen LogP) is 0.791. The van der Waals surface area contributed by atoms with Gasteiger partial charge in [0, 0.05) is 12.8 Å². The van der Waals surface area contributed by atoms with Crippen LogP contribution in [0.15, 0.2) is 0 Å². The van der Waals surface area contributed by atoms with E-state index < -0.39 is 12.0 Å². The van der Waals surface area contributed by atoms with Gasteiger partial charge in [-0.15, -0.1) is 0 Å². The van der Waals surface area contributed by atoms with Crippen LogP contribution >= 0.6 is 0 Å². The second-order valence-corrected chi connectivity index (χ2v) is 2.64. The molecule has 0 radical (unpaired) electrons. The Morgan fingerprint density at radius 2 is 2.00 bits per heavy atom. The Labute approximate surface area is 82.8 Å². The average molecular weight is 199 g/mol. The highest BCUT2D eigenvalue weighted by Gasteiger charge is 2.23. The normalized spacial score (nSPS) is 11.2. The van der Waals surface area contributed by atoms with E-state index in [2.05, 4.69) is 14.3 Å². The minimum absolute atomic E-state index is 0.222. The zero-order valence-corrected chi connectivity index (χ0v) is 8.28. The summed E-state index contributed by atoms with van der Waals surface area (Å²) in [5.41, 5.74) is 0. The number of esters is 2. The Morgan fingerprint density at radius 1 is 1.36 bits per heavy atom. The van der Waals surface area contributed by atoms with E-state index in [9.17, 15) is 9.59 Å². The highest BCUT2D eigenvalue weighted by molar-refractivity contribution is 5.77. The van der Waals surface area contributed by atoms with Crippen molar-refractivity contribution in [2.24, 2.45) is 0 Å². The maximum absolute atomic E-state index is 10.9. The minimum atomic E-state index is -0.801. The van der Waals surface area contributed by atoms with E-state index in [1.165, 1.54) is 14.2 Å². The average Bonchev–Trinajstić information content (AvgIpc) is 2.22. The lowest BCUT2D eigenvalue weighted by molar-refractivity contribution is -0.143. The van der Waals surface area contributed by atoms with Crippen molar-refractivity contribution in [1.29, 1.82) is 0 Å². The Hall–Kier alpha value is -1.57. The molecule has 0 amide bonds. The van der Waals surface area contributed by atoms with Crippen LogP contribution in [-0.2, 0) is 19.1 Å². The molecule has 0 N–H and O–H groups in total. The number of ether oxygens (including phenoxy) is 2. The summed E-state index contributed by atoms with van der Waals surface area (Å²) >= 11 is 0. The molecule has 0 saturated heterocycles. The van der Waals surface area contributed by atoms with Crippen LogP contribution in [0.2, 0.25) is 0 Å². The van der Waals surface area contributed by atoms with E-state index in [0.29, 0.717) is 12.8 Å². The Kier molecular flexibility index (Phi) is 6.12. The quantitative estimate of drug-likeness (QED) is 0.485. The highest BCUT2D eigenvalue weighted by Crippen LogP contribution is 2.07. The Morgan fingerprint density at radius 3 is 2.43 bits per heavy atom. The molecule has 5 heteroatoms. The molecule has 0 aromatic carbocycles. The van der Waals surface area contributed by atoms with Gasteiger partial charge in [0.2, 0.25) is 0 Å². The van der Waals surface area contributed by atoms with Crippen molar-refractivity contribution in [2.45, 2.75) is 25.3 Å². The number of methoxy groups -OCH3 is 2.